The van der Waals surface area contributed by atoms with Crippen molar-refractivity contribution in [1.82, 2.24) is 15.0 Å². The van der Waals surface area contributed by atoms with E-state index in [0.717, 1.165) is 23.1 Å². The van der Waals surface area contributed by atoms with Crippen molar-refractivity contribution in [3.63, 3.8) is 0 Å². The molecule has 0 fully saturated rings. The third kappa shape index (κ3) is 5.83. The molecule has 0 N–H and O–H groups in total. The van der Waals surface area contributed by atoms with Gasteiger partial charge < -0.3 is 14.2 Å². The average molecular weight is 476 g/mol. The molecule has 0 spiro atoms. The Bertz CT molecular complexity index is 1250. The highest BCUT2D eigenvalue weighted by molar-refractivity contribution is 6.31. The molecule has 0 aliphatic carbocycles. The summed E-state index contributed by atoms with van der Waals surface area (Å²) < 4.78 is 11.3. The maximum absolute atomic E-state index is 13.3. The Balaban J connectivity index is 1.46. The van der Waals surface area contributed by atoms with E-state index in [0.29, 0.717) is 41.2 Å². The second kappa shape index (κ2) is 11.0. The number of benzene rings is 3. The van der Waals surface area contributed by atoms with Gasteiger partial charge in [0.2, 0.25) is 11.7 Å². The van der Waals surface area contributed by atoms with Gasteiger partial charge in [-0.1, -0.05) is 77.8 Å². The number of halogens is 1. The molecule has 3 aromatic carbocycles. The Labute approximate surface area is 204 Å². The average Bonchev–Trinajstić information content (AvgIpc) is 3.32. The lowest BCUT2D eigenvalue weighted by Crippen LogP contribution is -2.31. The number of ether oxygens (including phenoxy) is 1. The SMILES string of the molecule is CCCN(Cc1nc(-c2ccc(C)cc2)no1)C(=O)c1cccc(OCc2ccccc2Cl)c1. The molecular weight excluding hydrogens is 450 g/mol. The fourth-order valence-electron chi connectivity index (χ4n) is 3.50. The molecule has 6 nitrogen and oxygen atoms in total. The van der Waals surface area contributed by atoms with E-state index in [9.17, 15) is 4.79 Å². The van der Waals surface area contributed by atoms with Gasteiger partial charge in [-0.2, -0.15) is 4.98 Å². The summed E-state index contributed by atoms with van der Waals surface area (Å²) in [6.45, 7) is 5.16. The van der Waals surface area contributed by atoms with Crippen LogP contribution in [-0.4, -0.2) is 27.5 Å². The first-order valence-electron chi connectivity index (χ1n) is 11.2. The topological polar surface area (TPSA) is 68.5 Å². The molecule has 0 aliphatic heterocycles. The molecule has 1 amide bonds. The predicted octanol–water partition coefficient (Wildman–Crippen LogP) is 6.33. The molecule has 0 aliphatic rings. The van der Waals surface area contributed by atoms with Crippen LogP contribution in [0, 0.1) is 6.92 Å². The molecule has 0 saturated heterocycles. The Morgan fingerprint density at radius 3 is 2.62 bits per heavy atom. The molecule has 1 aromatic heterocycles. The maximum atomic E-state index is 13.3. The van der Waals surface area contributed by atoms with Gasteiger partial charge in [-0.05, 0) is 37.6 Å². The monoisotopic (exact) mass is 475 g/mol. The van der Waals surface area contributed by atoms with Crippen LogP contribution in [0.15, 0.2) is 77.3 Å². The van der Waals surface area contributed by atoms with Gasteiger partial charge in [0.25, 0.3) is 5.91 Å². The van der Waals surface area contributed by atoms with Crippen molar-refractivity contribution >= 4 is 17.5 Å². The van der Waals surface area contributed by atoms with E-state index in [2.05, 4.69) is 10.1 Å². The maximum Gasteiger partial charge on any atom is 0.254 e. The fourth-order valence-corrected chi connectivity index (χ4v) is 3.69. The van der Waals surface area contributed by atoms with E-state index in [1.165, 1.54) is 0 Å². The quantitative estimate of drug-likeness (QED) is 0.283. The molecular formula is C27H26ClN3O3. The summed E-state index contributed by atoms with van der Waals surface area (Å²) in [4.78, 5) is 19.5. The number of carbonyl (C=O) groups excluding carboxylic acids is 1. The minimum atomic E-state index is -0.125. The van der Waals surface area contributed by atoms with E-state index in [1.54, 1.807) is 17.0 Å². The zero-order valence-electron chi connectivity index (χ0n) is 19.2. The number of hydrogen-bond acceptors (Lipinski definition) is 5. The molecule has 4 rings (SSSR count). The van der Waals surface area contributed by atoms with Crippen molar-refractivity contribution in [3.8, 4) is 17.1 Å². The van der Waals surface area contributed by atoms with Crippen LogP contribution in [0.1, 0.15) is 40.7 Å². The molecule has 0 unspecified atom stereocenters. The van der Waals surface area contributed by atoms with Crippen molar-refractivity contribution in [2.24, 2.45) is 0 Å². The molecule has 34 heavy (non-hydrogen) atoms. The largest absolute Gasteiger partial charge is 0.489 e. The van der Waals surface area contributed by atoms with Gasteiger partial charge in [0.1, 0.15) is 18.9 Å². The van der Waals surface area contributed by atoms with Crippen LogP contribution in [0.2, 0.25) is 5.02 Å². The van der Waals surface area contributed by atoms with Gasteiger partial charge >= 0.3 is 0 Å². The lowest BCUT2D eigenvalue weighted by atomic mass is 10.1. The number of nitrogens with zero attached hydrogens (tertiary/aromatic N) is 3. The molecule has 0 bridgehead atoms. The molecule has 7 heteroatoms. The summed E-state index contributed by atoms with van der Waals surface area (Å²) in [6.07, 6.45) is 0.799. The number of aryl methyl sites for hydroxylation is 1. The van der Waals surface area contributed by atoms with Gasteiger partial charge in [-0.25, -0.2) is 0 Å². The van der Waals surface area contributed by atoms with Crippen molar-refractivity contribution in [2.75, 3.05) is 6.54 Å². The zero-order chi connectivity index (χ0) is 23.9. The van der Waals surface area contributed by atoms with Crippen molar-refractivity contribution in [2.45, 2.75) is 33.4 Å². The number of amides is 1. The second-order valence-electron chi connectivity index (χ2n) is 8.01. The van der Waals surface area contributed by atoms with Gasteiger partial charge in [0.15, 0.2) is 0 Å². The standard InChI is InChI=1S/C27H26ClN3O3/c1-3-15-31(17-25-29-26(30-34-25)20-13-11-19(2)12-14-20)27(32)21-8-6-9-23(16-21)33-18-22-7-4-5-10-24(22)28/h4-14,16H,3,15,17-18H2,1-2H3. The van der Waals surface area contributed by atoms with Crippen LogP contribution in [0.25, 0.3) is 11.4 Å². The van der Waals surface area contributed by atoms with Crippen LogP contribution >= 0.6 is 11.6 Å². The van der Waals surface area contributed by atoms with Crippen molar-refractivity contribution in [1.29, 1.82) is 0 Å². The second-order valence-corrected chi connectivity index (χ2v) is 8.42. The first-order chi connectivity index (χ1) is 16.5. The van der Waals surface area contributed by atoms with Crippen LogP contribution in [-0.2, 0) is 13.2 Å². The molecule has 0 saturated carbocycles. The van der Waals surface area contributed by atoms with E-state index >= 15 is 0 Å². The lowest BCUT2D eigenvalue weighted by molar-refractivity contribution is 0.0724. The van der Waals surface area contributed by atoms with Crippen molar-refractivity contribution in [3.05, 3.63) is 100 Å². The smallest absolute Gasteiger partial charge is 0.254 e. The van der Waals surface area contributed by atoms with E-state index in [4.69, 9.17) is 20.9 Å². The highest BCUT2D eigenvalue weighted by atomic mass is 35.5. The van der Waals surface area contributed by atoms with Crippen LogP contribution in [0.4, 0.5) is 0 Å². The molecule has 4 aromatic rings. The van der Waals surface area contributed by atoms with Crippen LogP contribution < -0.4 is 4.74 Å². The van der Waals surface area contributed by atoms with Gasteiger partial charge in [-0.3, -0.25) is 4.79 Å². The number of rotatable bonds is 9. The van der Waals surface area contributed by atoms with Crippen LogP contribution in [0.3, 0.4) is 0 Å². The summed E-state index contributed by atoms with van der Waals surface area (Å²) in [5.41, 5.74) is 3.44. The van der Waals surface area contributed by atoms with E-state index in [-0.39, 0.29) is 12.5 Å². The van der Waals surface area contributed by atoms with Gasteiger partial charge in [0, 0.05) is 28.3 Å². The molecule has 1 heterocycles. The molecule has 0 atom stereocenters. The molecule has 174 valence electrons. The Kier molecular flexibility index (Phi) is 7.60. The van der Waals surface area contributed by atoms with E-state index < -0.39 is 0 Å². The highest BCUT2D eigenvalue weighted by Gasteiger charge is 2.19. The first-order valence-corrected chi connectivity index (χ1v) is 11.6. The third-order valence-electron chi connectivity index (χ3n) is 5.32. The summed E-state index contributed by atoms with van der Waals surface area (Å²) in [6, 6.07) is 22.6. The summed E-state index contributed by atoms with van der Waals surface area (Å²) in [7, 11) is 0. The number of aromatic nitrogens is 2. The normalized spacial score (nSPS) is 10.8. The first kappa shape index (κ1) is 23.5. The Morgan fingerprint density at radius 2 is 1.85 bits per heavy atom. The predicted molar refractivity (Wildman–Crippen MR) is 132 cm³/mol. The Morgan fingerprint density at radius 1 is 1.06 bits per heavy atom. The minimum absolute atomic E-state index is 0.125. The third-order valence-corrected chi connectivity index (χ3v) is 5.69. The van der Waals surface area contributed by atoms with Gasteiger partial charge in [-0.15, -0.1) is 0 Å². The van der Waals surface area contributed by atoms with Crippen LogP contribution in [0.5, 0.6) is 5.75 Å². The van der Waals surface area contributed by atoms with Gasteiger partial charge in [0.05, 0.1) is 0 Å². The highest BCUT2D eigenvalue weighted by Crippen LogP contribution is 2.21. The van der Waals surface area contributed by atoms with Crippen molar-refractivity contribution < 1.29 is 14.1 Å². The lowest BCUT2D eigenvalue weighted by Gasteiger charge is -2.20. The number of carbonyl (C=O) groups is 1. The minimum Gasteiger partial charge on any atom is -0.489 e. The zero-order valence-corrected chi connectivity index (χ0v) is 20.0. The summed E-state index contributed by atoms with van der Waals surface area (Å²) in [5, 5.41) is 4.73. The number of hydrogen-bond donors (Lipinski definition) is 0. The Hall–Kier alpha value is -3.64. The fraction of sp³-hybridized carbons (Fsp3) is 0.222. The summed E-state index contributed by atoms with van der Waals surface area (Å²) in [5.74, 6) is 1.37. The summed E-state index contributed by atoms with van der Waals surface area (Å²) >= 11 is 6.21. The van der Waals surface area contributed by atoms with E-state index in [1.807, 2.05) is 74.5 Å². The molecule has 0 radical (unpaired) electrons.